The summed E-state index contributed by atoms with van der Waals surface area (Å²) in [5, 5.41) is 9.97. The second-order valence-electron chi connectivity index (χ2n) is 5.85. The number of aliphatic hydroxyl groups is 1. The molecule has 1 aliphatic rings. The van der Waals surface area contributed by atoms with Crippen molar-refractivity contribution in [2.24, 2.45) is 0 Å². The molecule has 124 valence electrons. The van der Waals surface area contributed by atoms with E-state index in [0.717, 1.165) is 37.3 Å². The molecule has 6 heteroatoms. The molecule has 1 saturated heterocycles. The van der Waals surface area contributed by atoms with Gasteiger partial charge in [0.15, 0.2) is 0 Å². The lowest BCUT2D eigenvalue weighted by molar-refractivity contribution is 0.136. The first-order valence-electron chi connectivity index (χ1n) is 8.09. The van der Waals surface area contributed by atoms with Gasteiger partial charge in [-0.2, -0.15) is 0 Å². The summed E-state index contributed by atoms with van der Waals surface area (Å²) < 4.78 is 6.83. The molecule has 1 aromatic heterocycles. The number of aromatic nitrogens is 2. The molecular weight excluding hydrogens is 294 g/mol. The van der Waals surface area contributed by atoms with E-state index in [4.69, 9.17) is 9.72 Å². The Morgan fingerprint density at radius 3 is 2.96 bits per heavy atom. The van der Waals surface area contributed by atoms with E-state index in [1.165, 1.54) is 0 Å². The van der Waals surface area contributed by atoms with Crippen LogP contribution in [0.3, 0.4) is 0 Å². The Balaban J connectivity index is 2.07. The normalized spacial score (nSPS) is 18.8. The van der Waals surface area contributed by atoms with Gasteiger partial charge in [0.1, 0.15) is 5.82 Å². The maximum atomic E-state index is 12.8. The van der Waals surface area contributed by atoms with Crippen molar-refractivity contribution in [3.8, 4) is 0 Å². The Kier molecular flexibility index (Phi) is 5.05. The Labute approximate surface area is 135 Å². The average molecular weight is 317 g/mol. The summed E-state index contributed by atoms with van der Waals surface area (Å²) in [6, 6.07) is 7.51. The molecule has 2 aromatic rings. The highest BCUT2D eigenvalue weighted by atomic mass is 16.5. The van der Waals surface area contributed by atoms with E-state index in [9.17, 15) is 9.90 Å². The highest BCUT2D eigenvalue weighted by Gasteiger charge is 2.29. The molecule has 2 heterocycles. The number of methoxy groups -OCH3 is 1. The van der Waals surface area contributed by atoms with Crippen molar-refractivity contribution in [3.05, 3.63) is 40.4 Å². The van der Waals surface area contributed by atoms with Gasteiger partial charge in [-0.3, -0.25) is 14.3 Å². The zero-order valence-electron chi connectivity index (χ0n) is 13.4. The number of para-hydroxylation sites is 1. The molecule has 0 spiro atoms. The fraction of sp³-hybridized carbons (Fsp3) is 0.529. The van der Waals surface area contributed by atoms with Crippen molar-refractivity contribution >= 4 is 10.9 Å². The van der Waals surface area contributed by atoms with Gasteiger partial charge in [0, 0.05) is 13.7 Å². The van der Waals surface area contributed by atoms with Crippen molar-refractivity contribution in [1.29, 1.82) is 0 Å². The highest BCUT2D eigenvalue weighted by Crippen LogP contribution is 2.30. The van der Waals surface area contributed by atoms with Crippen LogP contribution in [0.15, 0.2) is 29.1 Å². The zero-order valence-corrected chi connectivity index (χ0v) is 13.4. The number of ether oxygens (including phenoxy) is 1. The number of likely N-dealkylation sites (tertiary alicyclic amines) is 1. The second kappa shape index (κ2) is 7.21. The minimum atomic E-state index is -0.0717. The number of nitrogens with zero attached hydrogens (tertiary/aromatic N) is 3. The lowest BCUT2D eigenvalue weighted by atomic mass is 10.1. The van der Waals surface area contributed by atoms with Crippen LogP contribution in [0.5, 0.6) is 0 Å². The van der Waals surface area contributed by atoms with E-state index < -0.39 is 0 Å². The van der Waals surface area contributed by atoms with Crippen molar-refractivity contribution in [3.63, 3.8) is 0 Å². The molecule has 1 aromatic carbocycles. The van der Waals surface area contributed by atoms with Crippen molar-refractivity contribution in [1.82, 2.24) is 14.5 Å². The molecule has 1 unspecified atom stereocenters. The van der Waals surface area contributed by atoms with Crippen LogP contribution >= 0.6 is 0 Å². The van der Waals surface area contributed by atoms with Crippen LogP contribution in [0.1, 0.15) is 24.7 Å². The van der Waals surface area contributed by atoms with Crippen LogP contribution in [0.2, 0.25) is 0 Å². The Hall–Kier alpha value is -1.76. The van der Waals surface area contributed by atoms with Crippen LogP contribution in [0, 0.1) is 0 Å². The van der Waals surface area contributed by atoms with E-state index >= 15 is 0 Å². The lowest BCUT2D eigenvalue weighted by Crippen LogP contribution is -2.34. The first-order valence-corrected chi connectivity index (χ1v) is 8.09. The van der Waals surface area contributed by atoms with Gasteiger partial charge in [-0.05, 0) is 31.5 Å². The van der Waals surface area contributed by atoms with E-state index in [1.807, 2.05) is 18.2 Å². The summed E-state index contributed by atoms with van der Waals surface area (Å²) in [6.45, 7) is 2.67. The summed E-state index contributed by atoms with van der Waals surface area (Å²) in [7, 11) is 1.70. The monoisotopic (exact) mass is 317 g/mol. The minimum absolute atomic E-state index is 0.0711. The van der Waals surface area contributed by atoms with Crippen LogP contribution in [0.25, 0.3) is 10.9 Å². The topological polar surface area (TPSA) is 67.6 Å². The minimum Gasteiger partial charge on any atom is -0.395 e. The van der Waals surface area contributed by atoms with Crippen molar-refractivity contribution in [2.45, 2.75) is 25.4 Å². The zero-order chi connectivity index (χ0) is 16.2. The van der Waals surface area contributed by atoms with Gasteiger partial charge >= 0.3 is 0 Å². The summed E-state index contributed by atoms with van der Waals surface area (Å²) >= 11 is 0. The first kappa shape index (κ1) is 16.1. The lowest BCUT2D eigenvalue weighted by Gasteiger charge is -2.26. The summed E-state index contributed by atoms with van der Waals surface area (Å²) in [4.78, 5) is 19.9. The summed E-state index contributed by atoms with van der Waals surface area (Å²) in [5.41, 5.74) is 0.651. The predicted molar refractivity (Wildman–Crippen MR) is 88.5 cm³/mol. The number of benzene rings is 1. The standard InChI is InChI=1S/C17H23N3O3/c1-23-12-10-19-8-4-7-15(19)16-18-14-6-3-2-5-13(14)17(22)20(16)9-11-21/h2-3,5-6,15,21H,4,7-12H2,1H3. The average Bonchev–Trinajstić information content (AvgIpc) is 3.04. The van der Waals surface area contributed by atoms with Gasteiger partial charge in [0.25, 0.3) is 5.56 Å². The Morgan fingerprint density at radius 1 is 1.35 bits per heavy atom. The molecule has 0 radical (unpaired) electrons. The van der Waals surface area contributed by atoms with E-state index in [-0.39, 0.29) is 24.8 Å². The third-order valence-corrected chi connectivity index (χ3v) is 4.46. The number of hydrogen-bond acceptors (Lipinski definition) is 5. The number of aliphatic hydroxyl groups excluding tert-OH is 1. The third kappa shape index (κ3) is 3.15. The van der Waals surface area contributed by atoms with Gasteiger partial charge < -0.3 is 9.84 Å². The second-order valence-corrected chi connectivity index (χ2v) is 5.85. The van der Waals surface area contributed by atoms with Crippen molar-refractivity contribution < 1.29 is 9.84 Å². The molecule has 1 atom stereocenters. The Bertz CT molecular complexity index is 729. The molecule has 3 rings (SSSR count). The van der Waals surface area contributed by atoms with Gasteiger partial charge in [0.05, 0.1) is 36.7 Å². The molecule has 0 saturated carbocycles. The van der Waals surface area contributed by atoms with Gasteiger partial charge in [0.2, 0.25) is 0 Å². The number of hydrogen-bond donors (Lipinski definition) is 1. The summed E-state index contributed by atoms with van der Waals surface area (Å²) in [6.07, 6.45) is 2.05. The maximum absolute atomic E-state index is 12.8. The fourth-order valence-electron chi connectivity index (χ4n) is 3.35. The molecule has 6 nitrogen and oxygen atoms in total. The smallest absolute Gasteiger partial charge is 0.261 e. The molecule has 1 N–H and O–H groups in total. The van der Waals surface area contributed by atoms with Crippen LogP contribution in [-0.4, -0.2) is 53.0 Å². The Morgan fingerprint density at radius 2 is 2.17 bits per heavy atom. The first-order chi connectivity index (χ1) is 11.3. The van der Waals surface area contributed by atoms with E-state index in [2.05, 4.69) is 4.90 Å². The quantitative estimate of drug-likeness (QED) is 0.866. The third-order valence-electron chi connectivity index (χ3n) is 4.46. The predicted octanol–water partition coefficient (Wildman–Crippen LogP) is 1.17. The van der Waals surface area contributed by atoms with Crippen LogP contribution in [0.4, 0.5) is 0 Å². The maximum Gasteiger partial charge on any atom is 0.261 e. The van der Waals surface area contributed by atoms with Gasteiger partial charge in [-0.25, -0.2) is 4.98 Å². The number of fused-ring (bicyclic) bond motifs is 1. The molecule has 1 aliphatic heterocycles. The van der Waals surface area contributed by atoms with Gasteiger partial charge in [-0.15, -0.1) is 0 Å². The number of rotatable bonds is 6. The molecule has 0 amide bonds. The van der Waals surface area contributed by atoms with Crippen LogP contribution in [-0.2, 0) is 11.3 Å². The van der Waals surface area contributed by atoms with Crippen LogP contribution < -0.4 is 5.56 Å². The molecule has 0 aliphatic carbocycles. The highest BCUT2D eigenvalue weighted by molar-refractivity contribution is 5.77. The summed E-state index contributed by atoms with van der Waals surface area (Å²) in [5.74, 6) is 0.761. The largest absolute Gasteiger partial charge is 0.395 e. The fourth-order valence-corrected chi connectivity index (χ4v) is 3.35. The molecular formula is C17H23N3O3. The van der Waals surface area contributed by atoms with E-state index in [1.54, 1.807) is 17.7 Å². The molecule has 23 heavy (non-hydrogen) atoms. The SMILES string of the molecule is COCCN1CCCC1c1nc2ccccc2c(=O)n1CCO. The van der Waals surface area contributed by atoms with Gasteiger partial charge in [-0.1, -0.05) is 12.1 Å². The van der Waals surface area contributed by atoms with Crippen molar-refractivity contribution in [2.75, 3.05) is 33.4 Å². The van der Waals surface area contributed by atoms with E-state index in [0.29, 0.717) is 12.0 Å². The molecule has 0 bridgehead atoms. The molecule has 1 fully saturated rings.